The molecule has 50 heavy (non-hydrogen) atoms. The standard InChI is InChI=1S/C41H74N2O7/c1-3-5-7-9-11-13-14-15-16-17-18-20-25-29-33-40(47)50-36(30-26-22-19-12-10-8-6-4-2)31-27-23-21-24-28-32-38(45)42-34-39(46)43-37(35-44)41(48)49/h9,11,14-15,36-37,44H,3-8,10,12-13,16-35H2,1-2H3,(H,42,45)(H,43,46)(H,48,49)/b11-9-,15-14-. The lowest BCUT2D eigenvalue weighted by molar-refractivity contribution is -0.150. The number of carboxylic acids is 1. The van der Waals surface area contributed by atoms with Gasteiger partial charge in [-0.25, -0.2) is 4.79 Å². The number of allylic oxidation sites excluding steroid dienone is 4. The molecule has 0 spiro atoms. The summed E-state index contributed by atoms with van der Waals surface area (Å²) in [6.45, 7) is 3.42. The smallest absolute Gasteiger partial charge is 0.328 e. The van der Waals surface area contributed by atoms with Crippen molar-refractivity contribution in [1.82, 2.24) is 10.6 Å². The van der Waals surface area contributed by atoms with Crippen molar-refractivity contribution in [1.29, 1.82) is 0 Å². The molecule has 0 rings (SSSR count). The first-order valence-electron chi connectivity index (χ1n) is 20.2. The minimum Gasteiger partial charge on any atom is -0.480 e. The fourth-order valence-electron chi connectivity index (χ4n) is 5.79. The van der Waals surface area contributed by atoms with Crippen molar-refractivity contribution in [2.45, 2.75) is 199 Å². The van der Waals surface area contributed by atoms with Crippen LogP contribution in [0.15, 0.2) is 24.3 Å². The van der Waals surface area contributed by atoms with Crippen LogP contribution in [0.2, 0.25) is 0 Å². The quantitative estimate of drug-likeness (QED) is 0.0289. The summed E-state index contributed by atoms with van der Waals surface area (Å²) in [6.07, 6.45) is 37.7. The highest BCUT2D eigenvalue weighted by molar-refractivity contribution is 5.87. The van der Waals surface area contributed by atoms with Gasteiger partial charge in [0.1, 0.15) is 12.1 Å². The van der Waals surface area contributed by atoms with E-state index >= 15 is 0 Å². The number of carbonyl (C=O) groups is 4. The van der Waals surface area contributed by atoms with Crippen LogP contribution in [0.5, 0.6) is 0 Å². The maximum atomic E-state index is 12.7. The Kier molecular flexibility index (Phi) is 34.2. The number of esters is 1. The predicted octanol–water partition coefficient (Wildman–Crippen LogP) is 9.26. The number of hydrogen-bond donors (Lipinski definition) is 4. The summed E-state index contributed by atoms with van der Waals surface area (Å²) in [5.74, 6) is -2.30. The molecule has 0 fully saturated rings. The Balaban J connectivity index is 4.24. The van der Waals surface area contributed by atoms with E-state index in [1.807, 2.05) is 0 Å². The van der Waals surface area contributed by atoms with Gasteiger partial charge < -0.3 is 25.6 Å². The molecule has 9 heteroatoms. The largest absolute Gasteiger partial charge is 0.480 e. The highest BCUT2D eigenvalue weighted by atomic mass is 16.5. The number of carboxylic acid groups (broad SMARTS) is 1. The van der Waals surface area contributed by atoms with Crippen molar-refractivity contribution in [2.24, 2.45) is 0 Å². The molecule has 0 bridgehead atoms. The first-order valence-corrected chi connectivity index (χ1v) is 20.2. The number of hydrogen-bond acceptors (Lipinski definition) is 6. The monoisotopic (exact) mass is 707 g/mol. The second kappa shape index (κ2) is 36.1. The Morgan fingerprint density at radius 3 is 1.66 bits per heavy atom. The van der Waals surface area contributed by atoms with E-state index < -0.39 is 24.5 Å². The summed E-state index contributed by atoms with van der Waals surface area (Å²) >= 11 is 0. The van der Waals surface area contributed by atoms with Crippen molar-refractivity contribution in [3.8, 4) is 0 Å². The molecule has 2 amide bonds. The van der Waals surface area contributed by atoms with Crippen molar-refractivity contribution in [3.63, 3.8) is 0 Å². The fraction of sp³-hybridized carbons (Fsp3) is 0.805. The molecule has 4 N–H and O–H groups in total. The number of aliphatic hydroxyl groups is 1. The molecule has 0 radical (unpaired) electrons. The number of aliphatic hydroxyl groups excluding tert-OH is 1. The Labute approximate surface area is 304 Å². The third-order valence-corrected chi connectivity index (χ3v) is 8.95. The molecule has 2 atom stereocenters. The summed E-state index contributed by atoms with van der Waals surface area (Å²) in [5.41, 5.74) is 0. The molecule has 2 unspecified atom stereocenters. The number of rotatable bonds is 36. The van der Waals surface area contributed by atoms with Crippen LogP contribution in [0.4, 0.5) is 0 Å². The van der Waals surface area contributed by atoms with Gasteiger partial charge in [-0.1, -0.05) is 134 Å². The topological polar surface area (TPSA) is 142 Å². The van der Waals surface area contributed by atoms with E-state index in [0.29, 0.717) is 19.3 Å². The third kappa shape index (κ3) is 32.5. The summed E-state index contributed by atoms with van der Waals surface area (Å²) in [6, 6.07) is -1.38. The minimum atomic E-state index is -1.38. The number of aliphatic carboxylic acids is 1. The van der Waals surface area contributed by atoms with Gasteiger partial charge in [0.05, 0.1) is 13.2 Å². The molecule has 0 aromatic rings. The lowest BCUT2D eigenvalue weighted by atomic mass is 10.0. The normalized spacial score (nSPS) is 12.7. The summed E-state index contributed by atoms with van der Waals surface area (Å²) < 4.78 is 5.99. The summed E-state index contributed by atoms with van der Waals surface area (Å²) in [7, 11) is 0. The van der Waals surface area contributed by atoms with Gasteiger partial charge in [0.25, 0.3) is 0 Å². The molecule has 0 aromatic heterocycles. The second-order valence-electron chi connectivity index (χ2n) is 13.7. The summed E-state index contributed by atoms with van der Waals surface area (Å²) in [5, 5.41) is 22.5. The zero-order valence-electron chi connectivity index (χ0n) is 31.9. The number of ether oxygens (including phenoxy) is 1. The van der Waals surface area contributed by atoms with Crippen LogP contribution in [0.25, 0.3) is 0 Å². The predicted molar refractivity (Wildman–Crippen MR) is 204 cm³/mol. The average Bonchev–Trinajstić information content (AvgIpc) is 3.10. The molecule has 0 saturated carbocycles. The molecule has 0 aliphatic heterocycles. The van der Waals surface area contributed by atoms with Crippen LogP contribution in [0, 0.1) is 0 Å². The molecule has 0 aliphatic rings. The van der Waals surface area contributed by atoms with Crippen LogP contribution in [-0.2, 0) is 23.9 Å². The molecule has 0 aliphatic carbocycles. The number of nitrogens with one attached hydrogen (secondary N) is 2. The highest BCUT2D eigenvalue weighted by Gasteiger charge is 2.19. The van der Waals surface area contributed by atoms with Crippen molar-refractivity contribution in [2.75, 3.05) is 13.2 Å². The minimum absolute atomic E-state index is 0.0145. The van der Waals surface area contributed by atoms with Gasteiger partial charge in [-0.15, -0.1) is 0 Å². The number of carbonyl (C=O) groups excluding carboxylic acids is 3. The fourth-order valence-corrected chi connectivity index (χ4v) is 5.79. The van der Waals surface area contributed by atoms with Gasteiger partial charge in [0.2, 0.25) is 11.8 Å². The molecule has 290 valence electrons. The highest BCUT2D eigenvalue weighted by Crippen LogP contribution is 2.18. The average molecular weight is 707 g/mol. The number of amides is 2. The van der Waals surface area contributed by atoms with E-state index in [0.717, 1.165) is 77.0 Å². The van der Waals surface area contributed by atoms with Gasteiger partial charge in [-0.05, 0) is 64.2 Å². The lowest BCUT2D eigenvalue weighted by Gasteiger charge is -2.18. The Morgan fingerprint density at radius 2 is 1.10 bits per heavy atom. The van der Waals surface area contributed by atoms with Crippen molar-refractivity contribution >= 4 is 23.8 Å². The van der Waals surface area contributed by atoms with E-state index in [2.05, 4.69) is 48.8 Å². The van der Waals surface area contributed by atoms with Crippen LogP contribution >= 0.6 is 0 Å². The van der Waals surface area contributed by atoms with E-state index in [1.165, 1.54) is 77.0 Å². The third-order valence-electron chi connectivity index (χ3n) is 8.95. The Morgan fingerprint density at radius 1 is 0.600 bits per heavy atom. The Bertz CT molecular complexity index is 905. The van der Waals surface area contributed by atoms with E-state index in [1.54, 1.807) is 0 Å². The Hall–Kier alpha value is -2.68. The first-order chi connectivity index (χ1) is 24.3. The van der Waals surface area contributed by atoms with Gasteiger partial charge in [-0.2, -0.15) is 0 Å². The maximum Gasteiger partial charge on any atom is 0.328 e. The number of unbranched alkanes of at least 4 members (excludes halogenated alkanes) is 18. The van der Waals surface area contributed by atoms with Crippen molar-refractivity contribution in [3.05, 3.63) is 24.3 Å². The van der Waals surface area contributed by atoms with Crippen LogP contribution < -0.4 is 10.6 Å². The zero-order valence-corrected chi connectivity index (χ0v) is 31.9. The van der Waals surface area contributed by atoms with E-state index in [-0.39, 0.29) is 24.5 Å². The van der Waals surface area contributed by atoms with Gasteiger partial charge in [0, 0.05) is 12.8 Å². The molecule has 9 nitrogen and oxygen atoms in total. The molecule has 0 aromatic carbocycles. The van der Waals surface area contributed by atoms with Gasteiger partial charge in [0.15, 0.2) is 0 Å². The molecular formula is C41H74N2O7. The maximum absolute atomic E-state index is 12.7. The van der Waals surface area contributed by atoms with Gasteiger partial charge in [-0.3, -0.25) is 14.4 Å². The van der Waals surface area contributed by atoms with Crippen LogP contribution in [0.3, 0.4) is 0 Å². The first kappa shape index (κ1) is 47.3. The molecule has 0 saturated heterocycles. The zero-order chi connectivity index (χ0) is 36.9. The van der Waals surface area contributed by atoms with Crippen LogP contribution in [-0.4, -0.2) is 59.3 Å². The van der Waals surface area contributed by atoms with E-state index in [4.69, 9.17) is 14.9 Å². The van der Waals surface area contributed by atoms with Crippen LogP contribution in [0.1, 0.15) is 187 Å². The second-order valence-corrected chi connectivity index (χ2v) is 13.7. The SMILES string of the molecule is CCCC/C=C\C/C=C\CCCCCCCC(=O)OC(CCCCCCCCCC)CCCCCCCC(=O)NCC(=O)NC(CO)C(=O)O. The molecule has 0 heterocycles. The van der Waals surface area contributed by atoms with E-state index in [9.17, 15) is 19.2 Å². The summed E-state index contributed by atoms with van der Waals surface area (Å²) in [4.78, 5) is 47.4. The van der Waals surface area contributed by atoms with Gasteiger partial charge >= 0.3 is 11.9 Å². The lowest BCUT2D eigenvalue weighted by Crippen LogP contribution is -2.47. The van der Waals surface area contributed by atoms with Crippen molar-refractivity contribution < 1.29 is 34.1 Å². The molecular weight excluding hydrogens is 632 g/mol.